The summed E-state index contributed by atoms with van der Waals surface area (Å²) < 4.78 is 0. The van der Waals surface area contributed by atoms with Crippen molar-refractivity contribution < 1.29 is 0 Å². The molecule has 2 unspecified atom stereocenters. The quantitative estimate of drug-likeness (QED) is 0.684. The van der Waals surface area contributed by atoms with Crippen LogP contribution >= 0.6 is 0 Å². The molecule has 1 saturated carbocycles. The first kappa shape index (κ1) is 13.0. The van der Waals surface area contributed by atoms with Crippen molar-refractivity contribution in [3.8, 4) is 0 Å². The van der Waals surface area contributed by atoms with E-state index in [2.05, 4.69) is 38.3 Å². The van der Waals surface area contributed by atoms with Gasteiger partial charge in [-0.25, -0.2) is 0 Å². The molecule has 0 radical (unpaired) electrons. The molecule has 0 aromatic rings. The Bertz CT molecular complexity index is 172. The Morgan fingerprint density at radius 1 is 1.13 bits per heavy atom. The zero-order valence-corrected chi connectivity index (χ0v) is 10.9. The summed E-state index contributed by atoms with van der Waals surface area (Å²) in [5, 5.41) is 7.17. The van der Waals surface area contributed by atoms with Crippen LogP contribution in [0.5, 0.6) is 0 Å². The fraction of sp³-hybridized carbons (Fsp3) is 1.00. The van der Waals surface area contributed by atoms with Crippen LogP contribution in [-0.4, -0.2) is 24.7 Å². The van der Waals surface area contributed by atoms with Crippen molar-refractivity contribution in [2.24, 2.45) is 5.92 Å². The molecule has 1 rings (SSSR count). The third-order valence-electron chi connectivity index (χ3n) is 3.14. The monoisotopic (exact) mass is 212 g/mol. The number of hydrogen-bond acceptors (Lipinski definition) is 2. The maximum Gasteiger partial charge on any atom is 0.00965 e. The zero-order valence-electron chi connectivity index (χ0n) is 10.9. The van der Waals surface area contributed by atoms with Gasteiger partial charge in [-0.15, -0.1) is 0 Å². The summed E-state index contributed by atoms with van der Waals surface area (Å²) in [4.78, 5) is 0. The molecule has 0 bridgehead atoms. The minimum absolute atomic E-state index is 0.266. The maximum atomic E-state index is 3.66. The molecule has 2 N–H and O–H groups in total. The van der Waals surface area contributed by atoms with Gasteiger partial charge in [0.15, 0.2) is 0 Å². The molecule has 2 atom stereocenters. The molecule has 0 spiro atoms. The average molecular weight is 212 g/mol. The lowest BCUT2D eigenvalue weighted by Gasteiger charge is -2.21. The summed E-state index contributed by atoms with van der Waals surface area (Å²) in [6.07, 6.45) is 5.42. The lowest BCUT2D eigenvalue weighted by Crippen LogP contribution is -2.38. The van der Waals surface area contributed by atoms with E-state index in [-0.39, 0.29) is 5.54 Å². The highest BCUT2D eigenvalue weighted by atomic mass is 15.0. The van der Waals surface area contributed by atoms with Crippen LogP contribution in [0, 0.1) is 5.92 Å². The largest absolute Gasteiger partial charge is 0.314 e. The minimum atomic E-state index is 0.266. The first-order chi connectivity index (χ1) is 6.97. The van der Waals surface area contributed by atoms with Crippen molar-refractivity contribution in [3.05, 3.63) is 0 Å². The summed E-state index contributed by atoms with van der Waals surface area (Å²) in [5.41, 5.74) is 0.266. The molecule has 2 heteroatoms. The van der Waals surface area contributed by atoms with Gasteiger partial charge in [-0.05, 0) is 65.5 Å². The van der Waals surface area contributed by atoms with Crippen LogP contribution in [0.3, 0.4) is 0 Å². The summed E-state index contributed by atoms with van der Waals surface area (Å²) in [6.45, 7) is 11.3. The van der Waals surface area contributed by atoms with E-state index in [0.717, 1.165) is 18.5 Å². The lowest BCUT2D eigenvalue weighted by molar-refractivity contribution is 0.410. The van der Waals surface area contributed by atoms with Gasteiger partial charge in [0, 0.05) is 11.6 Å². The van der Waals surface area contributed by atoms with Crippen molar-refractivity contribution >= 4 is 0 Å². The second-order valence-electron chi connectivity index (χ2n) is 6.10. The Hall–Kier alpha value is -0.0800. The predicted octanol–water partition coefficient (Wildman–Crippen LogP) is 2.54. The molecular formula is C13H28N2. The van der Waals surface area contributed by atoms with E-state index in [0.29, 0.717) is 0 Å². The first-order valence-corrected chi connectivity index (χ1v) is 6.46. The second kappa shape index (κ2) is 5.86. The summed E-state index contributed by atoms with van der Waals surface area (Å²) in [7, 11) is 0. The van der Waals surface area contributed by atoms with E-state index in [1.165, 1.54) is 32.2 Å². The molecule has 0 aromatic heterocycles. The molecular weight excluding hydrogens is 184 g/mol. The molecule has 1 aliphatic rings. The Morgan fingerprint density at radius 2 is 1.87 bits per heavy atom. The summed E-state index contributed by atoms with van der Waals surface area (Å²) >= 11 is 0. The van der Waals surface area contributed by atoms with E-state index < -0.39 is 0 Å². The third-order valence-corrected chi connectivity index (χ3v) is 3.14. The number of hydrogen-bond donors (Lipinski definition) is 2. The first-order valence-electron chi connectivity index (χ1n) is 6.46. The van der Waals surface area contributed by atoms with Crippen LogP contribution in [0.1, 0.15) is 53.4 Å². The molecule has 0 aliphatic heterocycles. The smallest absolute Gasteiger partial charge is 0.00965 e. The van der Waals surface area contributed by atoms with Gasteiger partial charge >= 0.3 is 0 Å². The molecule has 2 nitrogen and oxygen atoms in total. The van der Waals surface area contributed by atoms with Gasteiger partial charge in [0.25, 0.3) is 0 Å². The van der Waals surface area contributed by atoms with Gasteiger partial charge in [0.2, 0.25) is 0 Å². The fourth-order valence-corrected chi connectivity index (χ4v) is 2.25. The second-order valence-corrected chi connectivity index (χ2v) is 6.10. The fourth-order valence-electron chi connectivity index (χ4n) is 2.25. The van der Waals surface area contributed by atoms with Gasteiger partial charge in [-0.2, -0.15) is 0 Å². The van der Waals surface area contributed by atoms with Crippen LogP contribution in [0.25, 0.3) is 0 Å². The van der Waals surface area contributed by atoms with E-state index in [4.69, 9.17) is 0 Å². The SMILES string of the molecule is CC1CCC(NCCCNC(C)(C)C)C1. The Kier molecular flexibility index (Phi) is 5.07. The predicted molar refractivity (Wildman–Crippen MR) is 67.2 cm³/mol. The van der Waals surface area contributed by atoms with Gasteiger partial charge in [-0.1, -0.05) is 6.92 Å². The normalized spacial score (nSPS) is 27.2. The van der Waals surface area contributed by atoms with Gasteiger partial charge in [-0.3, -0.25) is 0 Å². The van der Waals surface area contributed by atoms with Crippen molar-refractivity contribution in [1.29, 1.82) is 0 Å². The maximum absolute atomic E-state index is 3.66. The molecule has 0 aromatic carbocycles. The van der Waals surface area contributed by atoms with E-state index >= 15 is 0 Å². The van der Waals surface area contributed by atoms with Crippen LogP contribution < -0.4 is 10.6 Å². The highest BCUT2D eigenvalue weighted by Gasteiger charge is 2.20. The number of nitrogens with one attached hydrogen (secondary N) is 2. The van der Waals surface area contributed by atoms with Gasteiger partial charge in [0.1, 0.15) is 0 Å². The molecule has 0 heterocycles. The Labute approximate surface area is 95.2 Å². The molecule has 1 fully saturated rings. The number of rotatable bonds is 5. The lowest BCUT2D eigenvalue weighted by atomic mass is 10.1. The van der Waals surface area contributed by atoms with Crippen LogP contribution in [-0.2, 0) is 0 Å². The topological polar surface area (TPSA) is 24.1 Å². The van der Waals surface area contributed by atoms with Crippen LogP contribution in [0.4, 0.5) is 0 Å². The molecule has 90 valence electrons. The highest BCUT2D eigenvalue weighted by molar-refractivity contribution is 4.78. The Balaban J connectivity index is 1.93. The van der Waals surface area contributed by atoms with Crippen molar-refractivity contribution in [2.75, 3.05) is 13.1 Å². The molecule has 15 heavy (non-hydrogen) atoms. The summed E-state index contributed by atoms with van der Waals surface area (Å²) in [6, 6.07) is 0.801. The van der Waals surface area contributed by atoms with Crippen LogP contribution in [0.2, 0.25) is 0 Å². The molecule has 0 amide bonds. The standard InChI is InChI=1S/C13H28N2/c1-11-6-7-12(10-11)14-8-5-9-15-13(2,3)4/h11-12,14-15H,5-10H2,1-4H3. The van der Waals surface area contributed by atoms with Gasteiger partial charge in [0.05, 0.1) is 0 Å². The van der Waals surface area contributed by atoms with Gasteiger partial charge < -0.3 is 10.6 Å². The zero-order chi connectivity index (χ0) is 11.3. The van der Waals surface area contributed by atoms with Crippen molar-refractivity contribution in [1.82, 2.24) is 10.6 Å². The van der Waals surface area contributed by atoms with Crippen molar-refractivity contribution in [2.45, 2.75) is 65.0 Å². The Morgan fingerprint density at radius 3 is 2.40 bits per heavy atom. The van der Waals surface area contributed by atoms with E-state index in [1.54, 1.807) is 0 Å². The third kappa shape index (κ3) is 6.16. The highest BCUT2D eigenvalue weighted by Crippen LogP contribution is 2.24. The van der Waals surface area contributed by atoms with E-state index in [9.17, 15) is 0 Å². The van der Waals surface area contributed by atoms with E-state index in [1.807, 2.05) is 0 Å². The summed E-state index contributed by atoms with van der Waals surface area (Å²) in [5.74, 6) is 0.940. The molecule has 0 saturated heterocycles. The molecule has 1 aliphatic carbocycles. The average Bonchev–Trinajstić information content (AvgIpc) is 2.49. The van der Waals surface area contributed by atoms with Crippen molar-refractivity contribution in [3.63, 3.8) is 0 Å². The minimum Gasteiger partial charge on any atom is -0.314 e. The van der Waals surface area contributed by atoms with Crippen LogP contribution in [0.15, 0.2) is 0 Å².